The Morgan fingerprint density at radius 1 is 1.42 bits per heavy atom. The predicted molar refractivity (Wildman–Crippen MR) is 69.7 cm³/mol. The quantitative estimate of drug-likeness (QED) is 0.820. The van der Waals surface area contributed by atoms with Crippen molar-refractivity contribution in [1.82, 2.24) is 0 Å². The Hall–Kier alpha value is -1.60. The molecule has 0 heterocycles. The number of carbonyl (C=O) groups is 1. The van der Waals surface area contributed by atoms with Gasteiger partial charge < -0.3 is 9.84 Å². The van der Waals surface area contributed by atoms with Crippen LogP contribution in [0.2, 0.25) is 0 Å². The van der Waals surface area contributed by atoms with Gasteiger partial charge in [-0.2, -0.15) is 0 Å². The Balaban J connectivity index is 3.02. The fourth-order valence-electron chi connectivity index (χ4n) is 1.53. The molecular formula is C12H17NO5S. The van der Waals surface area contributed by atoms with Crippen LogP contribution in [0, 0.1) is 0 Å². The zero-order valence-electron chi connectivity index (χ0n) is 10.8. The van der Waals surface area contributed by atoms with E-state index in [0.717, 1.165) is 0 Å². The second-order valence-electron chi connectivity index (χ2n) is 4.39. The van der Waals surface area contributed by atoms with E-state index in [-0.39, 0.29) is 23.8 Å². The Kier molecular flexibility index (Phi) is 4.90. The van der Waals surface area contributed by atoms with Crippen LogP contribution in [0.25, 0.3) is 0 Å². The summed E-state index contributed by atoms with van der Waals surface area (Å²) in [4.78, 5) is 10.4. The number of aliphatic carboxylic acids is 1. The highest BCUT2D eigenvalue weighted by atomic mass is 32.2. The van der Waals surface area contributed by atoms with Crippen LogP contribution in [0.1, 0.15) is 31.7 Å². The third-order valence-electron chi connectivity index (χ3n) is 2.51. The maximum absolute atomic E-state index is 11.3. The van der Waals surface area contributed by atoms with Crippen molar-refractivity contribution in [3.63, 3.8) is 0 Å². The molecular weight excluding hydrogens is 270 g/mol. The maximum Gasteiger partial charge on any atom is 0.306 e. The van der Waals surface area contributed by atoms with Gasteiger partial charge >= 0.3 is 5.97 Å². The topological polar surface area (TPSA) is 107 Å². The van der Waals surface area contributed by atoms with Crippen molar-refractivity contribution >= 4 is 16.0 Å². The predicted octanol–water partition coefficient (Wildman–Crippen LogP) is 1.31. The van der Waals surface area contributed by atoms with Crippen LogP contribution >= 0.6 is 0 Å². The number of rotatable bonds is 6. The molecule has 1 aromatic rings. The van der Waals surface area contributed by atoms with Crippen molar-refractivity contribution in [2.45, 2.75) is 31.1 Å². The van der Waals surface area contributed by atoms with Crippen LogP contribution in [0.15, 0.2) is 23.1 Å². The summed E-state index contributed by atoms with van der Waals surface area (Å²) < 4.78 is 27.9. The molecule has 0 aliphatic carbocycles. The van der Waals surface area contributed by atoms with Gasteiger partial charge in [-0.1, -0.05) is 13.8 Å². The van der Waals surface area contributed by atoms with Gasteiger partial charge in [0, 0.05) is 0 Å². The largest absolute Gasteiger partial charge is 0.493 e. The number of hydrogen-bond donors (Lipinski definition) is 2. The number of hydrogen-bond acceptors (Lipinski definition) is 4. The minimum atomic E-state index is -3.76. The lowest BCUT2D eigenvalue weighted by Gasteiger charge is -2.14. The molecule has 0 radical (unpaired) electrons. The molecule has 6 nitrogen and oxygen atoms in total. The van der Waals surface area contributed by atoms with Crippen molar-refractivity contribution in [1.29, 1.82) is 0 Å². The van der Waals surface area contributed by atoms with E-state index in [9.17, 15) is 13.2 Å². The van der Waals surface area contributed by atoms with Gasteiger partial charge in [0.2, 0.25) is 10.0 Å². The molecule has 3 N–H and O–H groups in total. The van der Waals surface area contributed by atoms with E-state index in [2.05, 4.69) is 0 Å². The Morgan fingerprint density at radius 2 is 2.05 bits per heavy atom. The molecule has 0 aliphatic heterocycles. The molecule has 0 saturated heterocycles. The van der Waals surface area contributed by atoms with Crippen molar-refractivity contribution in [2.75, 3.05) is 6.61 Å². The van der Waals surface area contributed by atoms with Gasteiger partial charge in [0.1, 0.15) is 5.75 Å². The van der Waals surface area contributed by atoms with Gasteiger partial charge in [-0.3, -0.25) is 4.79 Å². The van der Waals surface area contributed by atoms with Gasteiger partial charge in [0.05, 0.1) is 17.9 Å². The summed E-state index contributed by atoms with van der Waals surface area (Å²) in [6, 6.07) is 4.30. The number of ether oxygens (including phenoxy) is 1. The molecule has 0 saturated carbocycles. The second kappa shape index (κ2) is 6.03. The second-order valence-corrected chi connectivity index (χ2v) is 5.95. The van der Waals surface area contributed by atoms with Crippen LogP contribution < -0.4 is 9.88 Å². The molecule has 0 atom stereocenters. The first-order valence-electron chi connectivity index (χ1n) is 5.73. The zero-order chi connectivity index (χ0) is 14.6. The molecule has 0 bridgehead atoms. The molecule has 0 spiro atoms. The fourth-order valence-corrected chi connectivity index (χ4v) is 2.08. The summed E-state index contributed by atoms with van der Waals surface area (Å²) in [6.45, 7) is 3.79. The summed E-state index contributed by atoms with van der Waals surface area (Å²) in [6.07, 6.45) is -0.117. The fraction of sp³-hybridized carbons (Fsp3) is 0.417. The van der Waals surface area contributed by atoms with Crippen molar-refractivity contribution in [3.8, 4) is 5.75 Å². The average Bonchev–Trinajstić information content (AvgIpc) is 2.27. The molecule has 0 aromatic heterocycles. The smallest absolute Gasteiger partial charge is 0.306 e. The third-order valence-corrected chi connectivity index (χ3v) is 3.42. The number of carboxylic acids is 1. The van der Waals surface area contributed by atoms with Crippen molar-refractivity contribution in [3.05, 3.63) is 23.8 Å². The molecule has 0 aliphatic rings. The highest BCUT2D eigenvalue weighted by Gasteiger charge is 2.14. The molecule has 0 amide bonds. The molecule has 7 heteroatoms. The van der Waals surface area contributed by atoms with Gasteiger partial charge in [0.15, 0.2) is 0 Å². The number of primary sulfonamides is 1. The van der Waals surface area contributed by atoms with E-state index in [0.29, 0.717) is 11.3 Å². The SMILES string of the molecule is CC(C)c1cc(S(N)(=O)=O)ccc1OCCC(=O)O. The Morgan fingerprint density at radius 3 is 2.53 bits per heavy atom. The lowest BCUT2D eigenvalue weighted by Crippen LogP contribution is -2.13. The van der Waals surface area contributed by atoms with E-state index < -0.39 is 16.0 Å². The molecule has 1 rings (SSSR count). The van der Waals surface area contributed by atoms with Crippen molar-refractivity contribution < 1.29 is 23.1 Å². The van der Waals surface area contributed by atoms with E-state index in [1.54, 1.807) is 0 Å². The lowest BCUT2D eigenvalue weighted by atomic mass is 10.0. The summed E-state index contributed by atoms with van der Waals surface area (Å²) in [5.41, 5.74) is 0.678. The normalized spacial score (nSPS) is 11.6. The molecule has 19 heavy (non-hydrogen) atoms. The number of benzene rings is 1. The number of nitrogens with two attached hydrogens (primary N) is 1. The Labute approximate surface area is 112 Å². The standard InChI is InChI=1S/C12H17NO5S/c1-8(2)10-7-9(19(13,16)17)3-4-11(10)18-6-5-12(14)15/h3-4,7-8H,5-6H2,1-2H3,(H,14,15)(H2,13,16,17). The third kappa shape index (κ3) is 4.53. The van der Waals surface area contributed by atoms with Gasteiger partial charge in [0.25, 0.3) is 0 Å². The van der Waals surface area contributed by atoms with Crippen LogP contribution in [0.4, 0.5) is 0 Å². The maximum atomic E-state index is 11.3. The summed E-state index contributed by atoms with van der Waals surface area (Å²) in [5, 5.41) is 13.6. The number of carboxylic acid groups (broad SMARTS) is 1. The van der Waals surface area contributed by atoms with Gasteiger partial charge in [-0.15, -0.1) is 0 Å². The number of sulfonamides is 1. The first-order chi connectivity index (χ1) is 8.71. The molecule has 0 fully saturated rings. The first-order valence-corrected chi connectivity index (χ1v) is 7.27. The van der Waals surface area contributed by atoms with E-state index in [1.807, 2.05) is 13.8 Å². The van der Waals surface area contributed by atoms with Crippen LogP contribution in [0.5, 0.6) is 5.75 Å². The molecule has 106 valence electrons. The zero-order valence-corrected chi connectivity index (χ0v) is 11.6. The van der Waals surface area contributed by atoms with E-state index >= 15 is 0 Å². The van der Waals surface area contributed by atoms with Gasteiger partial charge in [-0.05, 0) is 29.7 Å². The van der Waals surface area contributed by atoms with Crippen LogP contribution in [0.3, 0.4) is 0 Å². The van der Waals surface area contributed by atoms with E-state index in [1.165, 1.54) is 18.2 Å². The lowest BCUT2D eigenvalue weighted by molar-refractivity contribution is -0.137. The van der Waals surface area contributed by atoms with E-state index in [4.69, 9.17) is 15.0 Å². The average molecular weight is 287 g/mol. The van der Waals surface area contributed by atoms with Crippen LogP contribution in [-0.4, -0.2) is 26.1 Å². The van der Waals surface area contributed by atoms with Gasteiger partial charge in [-0.25, -0.2) is 13.6 Å². The van der Waals surface area contributed by atoms with Crippen LogP contribution in [-0.2, 0) is 14.8 Å². The minimum Gasteiger partial charge on any atom is -0.493 e. The monoisotopic (exact) mass is 287 g/mol. The highest BCUT2D eigenvalue weighted by molar-refractivity contribution is 7.89. The summed E-state index contributed by atoms with van der Waals surface area (Å²) in [5.74, 6) is -0.447. The van der Waals surface area contributed by atoms with Crippen molar-refractivity contribution in [2.24, 2.45) is 5.14 Å². The summed E-state index contributed by atoms with van der Waals surface area (Å²) >= 11 is 0. The summed E-state index contributed by atoms with van der Waals surface area (Å²) in [7, 11) is -3.76. The first kappa shape index (κ1) is 15.5. The molecule has 1 aromatic carbocycles. The minimum absolute atomic E-state index is 0.0155. The Bertz CT molecular complexity index is 565. The molecule has 0 unspecified atom stereocenters. The highest BCUT2D eigenvalue weighted by Crippen LogP contribution is 2.28.